The summed E-state index contributed by atoms with van der Waals surface area (Å²) in [6.07, 6.45) is 4.24. The largest absolute Gasteiger partial charge is 0.497 e. The second-order valence-corrected chi connectivity index (χ2v) is 8.06. The van der Waals surface area contributed by atoms with Crippen LogP contribution in [0.3, 0.4) is 0 Å². The highest BCUT2D eigenvalue weighted by atomic mass is 32.2. The molecule has 2 aromatic rings. The smallest absolute Gasteiger partial charge is 0.266 e. The molecule has 1 fully saturated rings. The van der Waals surface area contributed by atoms with Gasteiger partial charge in [0.25, 0.3) is 5.91 Å². The van der Waals surface area contributed by atoms with Crippen LogP contribution < -0.4 is 14.2 Å². The minimum absolute atomic E-state index is 0.0917. The topological polar surface area (TPSA) is 48.0 Å². The van der Waals surface area contributed by atoms with Crippen LogP contribution in [0, 0.1) is 0 Å². The van der Waals surface area contributed by atoms with Gasteiger partial charge in [-0.1, -0.05) is 48.3 Å². The zero-order chi connectivity index (χ0) is 21.3. The van der Waals surface area contributed by atoms with Gasteiger partial charge in [-0.15, -0.1) is 6.58 Å². The standard InChI is InChI=1S/C23H23NO4S2/c1-3-11-24-22(25)21(30-23(24)29)15-17-7-4-9-19(14-17)27-12-6-13-28-20-10-5-8-18(16-20)26-2/h3-5,7-10,14-16H,1,6,11-13H2,2H3. The minimum Gasteiger partial charge on any atom is -0.497 e. The van der Waals surface area contributed by atoms with Crippen LogP contribution in [0.15, 0.2) is 66.1 Å². The van der Waals surface area contributed by atoms with Crippen molar-refractivity contribution in [2.75, 3.05) is 26.9 Å². The summed E-state index contributed by atoms with van der Waals surface area (Å²) >= 11 is 6.57. The summed E-state index contributed by atoms with van der Waals surface area (Å²) in [5.74, 6) is 2.18. The Balaban J connectivity index is 1.50. The summed E-state index contributed by atoms with van der Waals surface area (Å²) in [6, 6.07) is 15.1. The fourth-order valence-electron chi connectivity index (χ4n) is 2.76. The first-order valence-electron chi connectivity index (χ1n) is 9.46. The van der Waals surface area contributed by atoms with Gasteiger partial charge < -0.3 is 14.2 Å². The van der Waals surface area contributed by atoms with Gasteiger partial charge in [-0.3, -0.25) is 9.69 Å². The highest BCUT2D eigenvalue weighted by molar-refractivity contribution is 8.26. The van der Waals surface area contributed by atoms with Gasteiger partial charge in [-0.25, -0.2) is 0 Å². The predicted molar refractivity (Wildman–Crippen MR) is 125 cm³/mol. The molecule has 7 heteroatoms. The second kappa shape index (κ2) is 10.8. The Morgan fingerprint density at radius 3 is 2.43 bits per heavy atom. The van der Waals surface area contributed by atoms with Gasteiger partial charge in [0.05, 0.1) is 25.2 Å². The third kappa shape index (κ3) is 5.87. The fourth-order valence-corrected chi connectivity index (χ4v) is 4.04. The molecule has 1 saturated heterocycles. The molecule has 0 spiro atoms. The van der Waals surface area contributed by atoms with Gasteiger partial charge in [0.1, 0.15) is 21.6 Å². The summed E-state index contributed by atoms with van der Waals surface area (Å²) in [4.78, 5) is 14.6. The van der Waals surface area contributed by atoms with Crippen LogP contribution in [-0.4, -0.2) is 42.0 Å². The lowest BCUT2D eigenvalue weighted by atomic mass is 10.2. The monoisotopic (exact) mass is 441 g/mol. The van der Waals surface area contributed by atoms with Crippen molar-refractivity contribution in [3.63, 3.8) is 0 Å². The molecule has 30 heavy (non-hydrogen) atoms. The molecule has 0 atom stereocenters. The molecular weight excluding hydrogens is 418 g/mol. The molecule has 0 radical (unpaired) electrons. The van der Waals surface area contributed by atoms with E-state index in [-0.39, 0.29) is 5.91 Å². The summed E-state index contributed by atoms with van der Waals surface area (Å²) < 4.78 is 17.3. The number of thioether (sulfide) groups is 1. The third-order valence-corrected chi connectivity index (χ3v) is 5.59. The molecule has 0 saturated carbocycles. The number of carbonyl (C=O) groups excluding carboxylic acids is 1. The van der Waals surface area contributed by atoms with Crippen molar-refractivity contribution in [3.8, 4) is 17.2 Å². The maximum atomic E-state index is 12.4. The van der Waals surface area contributed by atoms with Crippen molar-refractivity contribution >= 4 is 40.3 Å². The van der Waals surface area contributed by atoms with E-state index in [1.54, 1.807) is 18.1 Å². The average molecular weight is 442 g/mol. The first-order valence-corrected chi connectivity index (χ1v) is 10.7. The molecule has 0 aromatic heterocycles. The summed E-state index contributed by atoms with van der Waals surface area (Å²) in [5.41, 5.74) is 0.888. The minimum atomic E-state index is -0.0917. The quantitative estimate of drug-likeness (QED) is 0.226. The van der Waals surface area contributed by atoms with E-state index in [1.165, 1.54) is 11.8 Å². The number of carbonyl (C=O) groups is 1. The number of nitrogens with zero attached hydrogens (tertiary/aromatic N) is 1. The first-order chi connectivity index (χ1) is 14.6. The molecule has 0 aliphatic carbocycles. The number of hydrogen-bond donors (Lipinski definition) is 0. The van der Waals surface area contributed by atoms with Gasteiger partial charge in [0.15, 0.2) is 0 Å². The molecule has 1 heterocycles. The summed E-state index contributed by atoms with van der Waals surface area (Å²) in [7, 11) is 1.63. The third-order valence-electron chi connectivity index (χ3n) is 4.21. The number of thiocarbonyl (C=S) groups is 1. The summed E-state index contributed by atoms with van der Waals surface area (Å²) in [6.45, 7) is 5.15. The number of hydrogen-bond acceptors (Lipinski definition) is 6. The van der Waals surface area contributed by atoms with Gasteiger partial charge in [-0.2, -0.15) is 0 Å². The van der Waals surface area contributed by atoms with Crippen LogP contribution in [0.5, 0.6) is 17.2 Å². The first kappa shape index (κ1) is 21.9. The van der Waals surface area contributed by atoms with Crippen LogP contribution in [0.1, 0.15) is 12.0 Å². The number of ether oxygens (including phenoxy) is 3. The van der Waals surface area contributed by atoms with E-state index in [2.05, 4.69) is 6.58 Å². The van der Waals surface area contributed by atoms with E-state index in [9.17, 15) is 4.79 Å². The second-order valence-electron chi connectivity index (χ2n) is 6.38. The molecular formula is C23H23NO4S2. The molecule has 2 aromatic carbocycles. The van der Waals surface area contributed by atoms with Crippen LogP contribution >= 0.6 is 24.0 Å². The number of amides is 1. The van der Waals surface area contributed by atoms with Gasteiger partial charge >= 0.3 is 0 Å². The van der Waals surface area contributed by atoms with Gasteiger partial charge in [0.2, 0.25) is 0 Å². The zero-order valence-electron chi connectivity index (χ0n) is 16.7. The van der Waals surface area contributed by atoms with E-state index in [4.69, 9.17) is 26.4 Å². The SMILES string of the molecule is C=CCN1C(=O)C(=Cc2cccc(OCCCOc3cccc(OC)c3)c2)SC1=S. The maximum absolute atomic E-state index is 12.4. The Morgan fingerprint density at radius 2 is 1.73 bits per heavy atom. The molecule has 1 amide bonds. The Hall–Kier alpha value is -2.77. The predicted octanol–water partition coefficient (Wildman–Crippen LogP) is 4.93. The van der Waals surface area contributed by atoms with Crippen LogP contribution in [0.25, 0.3) is 6.08 Å². The molecule has 1 aliphatic heterocycles. The summed E-state index contributed by atoms with van der Waals surface area (Å²) in [5, 5.41) is 0. The number of benzene rings is 2. The Morgan fingerprint density at radius 1 is 1.07 bits per heavy atom. The van der Waals surface area contributed by atoms with Crippen molar-refractivity contribution in [2.24, 2.45) is 0 Å². The van der Waals surface area contributed by atoms with Crippen molar-refractivity contribution in [3.05, 3.63) is 71.7 Å². The molecule has 3 rings (SSSR count). The molecule has 0 bridgehead atoms. The Kier molecular flexibility index (Phi) is 7.93. The Labute approximate surface area is 186 Å². The van der Waals surface area contributed by atoms with E-state index in [0.717, 1.165) is 29.2 Å². The molecule has 0 unspecified atom stereocenters. The van der Waals surface area contributed by atoms with E-state index in [1.807, 2.05) is 54.6 Å². The van der Waals surface area contributed by atoms with Crippen molar-refractivity contribution in [1.82, 2.24) is 4.90 Å². The lowest BCUT2D eigenvalue weighted by molar-refractivity contribution is -0.121. The van der Waals surface area contributed by atoms with Gasteiger partial charge in [0, 0.05) is 19.0 Å². The molecule has 156 valence electrons. The van der Waals surface area contributed by atoms with Crippen LogP contribution in [-0.2, 0) is 4.79 Å². The van der Waals surface area contributed by atoms with E-state index in [0.29, 0.717) is 29.0 Å². The normalized spacial score (nSPS) is 14.8. The highest BCUT2D eigenvalue weighted by Crippen LogP contribution is 2.32. The molecule has 1 aliphatic rings. The lowest BCUT2D eigenvalue weighted by Gasteiger charge is -2.10. The fraction of sp³-hybridized carbons (Fsp3) is 0.217. The van der Waals surface area contributed by atoms with Crippen molar-refractivity contribution < 1.29 is 19.0 Å². The number of methoxy groups -OCH3 is 1. The van der Waals surface area contributed by atoms with Gasteiger partial charge in [-0.05, 0) is 35.9 Å². The van der Waals surface area contributed by atoms with Crippen molar-refractivity contribution in [1.29, 1.82) is 0 Å². The molecule has 0 N–H and O–H groups in total. The zero-order valence-corrected chi connectivity index (χ0v) is 18.3. The van der Waals surface area contributed by atoms with Crippen LogP contribution in [0.4, 0.5) is 0 Å². The van der Waals surface area contributed by atoms with E-state index >= 15 is 0 Å². The van der Waals surface area contributed by atoms with Crippen molar-refractivity contribution in [2.45, 2.75) is 6.42 Å². The highest BCUT2D eigenvalue weighted by Gasteiger charge is 2.30. The molecule has 5 nitrogen and oxygen atoms in total. The Bertz CT molecular complexity index is 958. The van der Waals surface area contributed by atoms with Crippen LogP contribution in [0.2, 0.25) is 0 Å². The maximum Gasteiger partial charge on any atom is 0.266 e. The average Bonchev–Trinajstić information content (AvgIpc) is 3.01. The number of rotatable bonds is 10. The lowest BCUT2D eigenvalue weighted by Crippen LogP contribution is -2.27. The van der Waals surface area contributed by atoms with E-state index < -0.39 is 0 Å².